The van der Waals surface area contributed by atoms with Crippen LogP contribution in [0, 0.1) is 5.92 Å². The molecule has 0 amide bonds. The highest BCUT2D eigenvalue weighted by atomic mass is 32.1. The third-order valence-electron chi connectivity index (χ3n) is 4.84. The summed E-state index contributed by atoms with van der Waals surface area (Å²) >= 11 is 1.78. The Morgan fingerprint density at radius 3 is 3.10 bits per heavy atom. The number of rotatable bonds is 2. The highest BCUT2D eigenvalue weighted by Crippen LogP contribution is 2.49. The van der Waals surface area contributed by atoms with E-state index in [2.05, 4.69) is 47.3 Å². The molecule has 110 valence electrons. The molecule has 1 aromatic heterocycles. The van der Waals surface area contributed by atoms with Gasteiger partial charge in [-0.05, 0) is 53.3 Å². The topological polar surface area (TPSA) is 21.3 Å². The lowest BCUT2D eigenvalue weighted by atomic mass is 9.77. The Balaban J connectivity index is 1.77. The first kappa shape index (κ1) is 13.4. The molecule has 2 nitrogen and oxygen atoms in total. The maximum atomic E-state index is 6.20. The minimum absolute atomic E-state index is 0.256. The van der Waals surface area contributed by atoms with Gasteiger partial charge in [-0.1, -0.05) is 19.1 Å². The van der Waals surface area contributed by atoms with Crippen molar-refractivity contribution in [3.63, 3.8) is 0 Å². The zero-order valence-corrected chi connectivity index (χ0v) is 13.2. The summed E-state index contributed by atoms with van der Waals surface area (Å²) in [5.41, 5.74) is 5.43. The molecular weight excluding hydrogens is 278 g/mol. The van der Waals surface area contributed by atoms with E-state index in [1.54, 1.807) is 11.3 Å². The molecular formula is C18H21NOS. The third kappa shape index (κ3) is 2.29. The number of nitrogens with one attached hydrogen (secondary N) is 1. The molecule has 4 rings (SSSR count). The van der Waals surface area contributed by atoms with Gasteiger partial charge in [-0.15, -0.1) is 0 Å². The Kier molecular flexibility index (Phi) is 3.48. The van der Waals surface area contributed by atoms with Gasteiger partial charge in [0.25, 0.3) is 0 Å². The first-order chi connectivity index (χ1) is 10.4. The molecule has 0 aliphatic carbocycles. The van der Waals surface area contributed by atoms with E-state index in [4.69, 9.17) is 4.74 Å². The van der Waals surface area contributed by atoms with Crippen LogP contribution < -0.4 is 5.32 Å². The third-order valence-corrected chi connectivity index (χ3v) is 5.54. The van der Waals surface area contributed by atoms with Gasteiger partial charge < -0.3 is 10.1 Å². The molecule has 0 saturated carbocycles. The summed E-state index contributed by atoms with van der Waals surface area (Å²) in [4.78, 5) is 0. The number of ether oxygens (including phenoxy) is 1. The van der Waals surface area contributed by atoms with E-state index in [0.29, 0.717) is 12.0 Å². The number of fused-ring (bicyclic) bond motifs is 3. The fourth-order valence-corrected chi connectivity index (χ4v) is 4.42. The van der Waals surface area contributed by atoms with Crippen molar-refractivity contribution in [2.24, 2.45) is 5.92 Å². The predicted octanol–water partition coefficient (Wildman–Crippen LogP) is 4.95. The monoisotopic (exact) mass is 299 g/mol. The number of hydrogen-bond acceptors (Lipinski definition) is 3. The second-order valence-corrected chi connectivity index (χ2v) is 6.83. The summed E-state index contributed by atoms with van der Waals surface area (Å²) in [6.45, 7) is 3.11. The molecule has 1 saturated heterocycles. The SMILES string of the molecule is CCc1ccc2c(c1)[C@H]1OCCC[C@H]1[C@H](c1ccsc1)N2. The van der Waals surface area contributed by atoms with Gasteiger partial charge in [0.15, 0.2) is 0 Å². The normalized spacial score (nSPS) is 27.6. The van der Waals surface area contributed by atoms with Crippen LogP contribution in [-0.2, 0) is 11.2 Å². The van der Waals surface area contributed by atoms with Crippen molar-refractivity contribution >= 4 is 17.0 Å². The quantitative estimate of drug-likeness (QED) is 0.847. The highest BCUT2D eigenvalue weighted by molar-refractivity contribution is 7.08. The fourth-order valence-electron chi connectivity index (χ4n) is 3.72. The molecule has 3 heteroatoms. The minimum Gasteiger partial charge on any atom is -0.378 e. The van der Waals surface area contributed by atoms with Gasteiger partial charge in [-0.2, -0.15) is 11.3 Å². The zero-order valence-electron chi connectivity index (χ0n) is 12.3. The molecule has 0 unspecified atom stereocenters. The molecule has 0 spiro atoms. The lowest BCUT2D eigenvalue weighted by molar-refractivity contribution is -0.0381. The van der Waals surface area contributed by atoms with Gasteiger partial charge in [-0.25, -0.2) is 0 Å². The van der Waals surface area contributed by atoms with E-state index in [1.165, 1.54) is 35.2 Å². The van der Waals surface area contributed by atoms with Crippen molar-refractivity contribution in [2.75, 3.05) is 11.9 Å². The fraction of sp³-hybridized carbons (Fsp3) is 0.444. The molecule has 1 fully saturated rings. The van der Waals surface area contributed by atoms with Crippen LogP contribution in [0.2, 0.25) is 0 Å². The van der Waals surface area contributed by atoms with Gasteiger partial charge in [-0.3, -0.25) is 0 Å². The molecule has 0 bridgehead atoms. The second-order valence-electron chi connectivity index (χ2n) is 6.05. The van der Waals surface area contributed by atoms with Gasteiger partial charge >= 0.3 is 0 Å². The summed E-state index contributed by atoms with van der Waals surface area (Å²) in [6, 6.07) is 9.46. The molecule has 3 heterocycles. The summed E-state index contributed by atoms with van der Waals surface area (Å²) in [7, 11) is 0. The summed E-state index contributed by atoms with van der Waals surface area (Å²) in [5, 5.41) is 8.22. The van der Waals surface area contributed by atoms with Crippen LogP contribution in [-0.4, -0.2) is 6.61 Å². The Bertz CT molecular complexity index is 622. The summed E-state index contributed by atoms with van der Waals surface area (Å²) in [6.07, 6.45) is 3.75. The lowest BCUT2D eigenvalue weighted by Crippen LogP contribution is -2.35. The molecule has 1 aromatic carbocycles. The number of benzene rings is 1. The van der Waals surface area contributed by atoms with Crippen LogP contribution in [0.15, 0.2) is 35.0 Å². The smallest absolute Gasteiger partial charge is 0.0895 e. The van der Waals surface area contributed by atoms with E-state index < -0.39 is 0 Å². The van der Waals surface area contributed by atoms with Crippen LogP contribution in [0.5, 0.6) is 0 Å². The Hall–Kier alpha value is -1.32. The zero-order chi connectivity index (χ0) is 14.2. The van der Waals surface area contributed by atoms with Crippen molar-refractivity contribution in [3.05, 3.63) is 51.7 Å². The van der Waals surface area contributed by atoms with E-state index >= 15 is 0 Å². The average molecular weight is 299 g/mol. The summed E-state index contributed by atoms with van der Waals surface area (Å²) in [5.74, 6) is 0.549. The van der Waals surface area contributed by atoms with E-state index in [1.807, 2.05) is 0 Å². The van der Waals surface area contributed by atoms with Crippen molar-refractivity contribution in [3.8, 4) is 0 Å². The Morgan fingerprint density at radius 1 is 1.33 bits per heavy atom. The predicted molar refractivity (Wildman–Crippen MR) is 87.9 cm³/mol. The first-order valence-corrected chi connectivity index (χ1v) is 8.84. The summed E-state index contributed by atoms with van der Waals surface area (Å²) < 4.78 is 6.20. The maximum Gasteiger partial charge on any atom is 0.0895 e. The Labute approximate surface area is 130 Å². The van der Waals surface area contributed by atoms with Gasteiger partial charge in [0.2, 0.25) is 0 Å². The highest BCUT2D eigenvalue weighted by Gasteiger charge is 2.39. The van der Waals surface area contributed by atoms with Gasteiger partial charge in [0.05, 0.1) is 12.1 Å². The minimum atomic E-state index is 0.256. The van der Waals surface area contributed by atoms with Gasteiger partial charge in [0, 0.05) is 23.8 Å². The molecule has 2 aliphatic rings. The average Bonchev–Trinajstić information content (AvgIpc) is 3.08. The second kappa shape index (κ2) is 5.47. The van der Waals surface area contributed by atoms with E-state index in [9.17, 15) is 0 Å². The Morgan fingerprint density at radius 2 is 2.29 bits per heavy atom. The van der Waals surface area contributed by atoms with Crippen molar-refractivity contribution in [1.29, 1.82) is 0 Å². The van der Waals surface area contributed by atoms with Crippen LogP contribution in [0.1, 0.15) is 48.6 Å². The number of thiophene rings is 1. The maximum absolute atomic E-state index is 6.20. The van der Waals surface area contributed by atoms with E-state index in [0.717, 1.165) is 13.0 Å². The standard InChI is InChI=1S/C18H21NOS/c1-2-12-5-6-16-15(10-12)18-14(4-3-8-20-18)17(19-16)13-7-9-21-11-13/h5-7,9-11,14,17-19H,2-4,8H2,1H3/t14-,17-,18-/m0/s1. The van der Waals surface area contributed by atoms with Crippen molar-refractivity contribution < 1.29 is 4.74 Å². The van der Waals surface area contributed by atoms with Crippen LogP contribution in [0.3, 0.4) is 0 Å². The lowest BCUT2D eigenvalue weighted by Gasteiger charge is -2.43. The molecule has 21 heavy (non-hydrogen) atoms. The number of hydrogen-bond donors (Lipinski definition) is 1. The molecule has 3 atom stereocenters. The molecule has 2 aliphatic heterocycles. The molecule has 1 N–H and O–H groups in total. The first-order valence-electron chi connectivity index (χ1n) is 7.90. The van der Waals surface area contributed by atoms with Crippen LogP contribution in [0.25, 0.3) is 0 Å². The van der Waals surface area contributed by atoms with E-state index in [-0.39, 0.29) is 6.10 Å². The van der Waals surface area contributed by atoms with Crippen molar-refractivity contribution in [1.82, 2.24) is 0 Å². The number of aryl methyl sites for hydroxylation is 1. The van der Waals surface area contributed by atoms with Crippen molar-refractivity contribution in [2.45, 2.75) is 38.3 Å². The number of anilines is 1. The molecule has 2 aromatic rings. The molecule has 0 radical (unpaired) electrons. The van der Waals surface area contributed by atoms with Gasteiger partial charge in [0.1, 0.15) is 0 Å². The van der Waals surface area contributed by atoms with Crippen LogP contribution in [0.4, 0.5) is 5.69 Å². The van der Waals surface area contributed by atoms with Crippen LogP contribution >= 0.6 is 11.3 Å². The largest absolute Gasteiger partial charge is 0.378 e.